The molecule has 1 amide bonds. The molecule has 0 saturated carbocycles. The number of carbonyl (C=O) groups is 1. The highest BCUT2D eigenvalue weighted by Crippen LogP contribution is 2.23. The Labute approximate surface area is 193 Å². The van der Waals surface area contributed by atoms with Gasteiger partial charge >= 0.3 is 0 Å². The number of ether oxygens (including phenoxy) is 1. The van der Waals surface area contributed by atoms with E-state index >= 15 is 0 Å². The number of rotatable bonds is 5. The van der Waals surface area contributed by atoms with Gasteiger partial charge in [0.1, 0.15) is 29.8 Å². The van der Waals surface area contributed by atoms with Crippen molar-refractivity contribution in [2.45, 2.75) is 13.8 Å². The van der Waals surface area contributed by atoms with E-state index in [1.54, 1.807) is 60.9 Å². The van der Waals surface area contributed by atoms with Gasteiger partial charge in [0.05, 0.1) is 11.1 Å². The Morgan fingerprint density at radius 2 is 1.79 bits per heavy atom. The van der Waals surface area contributed by atoms with Crippen LogP contribution in [0.1, 0.15) is 21.9 Å². The van der Waals surface area contributed by atoms with Crippen molar-refractivity contribution >= 4 is 22.6 Å². The lowest BCUT2D eigenvalue weighted by Gasteiger charge is -2.09. The van der Waals surface area contributed by atoms with E-state index in [9.17, 15) is 9.59 Å². The number of fused-ring (bicyclic) bond motifs is 1. The van der Waals surface area contributed by atoms with Crippen LogP contribution in [0.3, 0.4) is 0 Å². The Morgan fingerprint density at radius 1 is 1.00 bits per heavy atom. The van der Waals surface area contributed by atoms with Crippen LogP contribution in [-0.4, -0.2) is 25.4 Å². The highest BCUT2D eigenvalue weighted by molar-refractivity contribution is 6.03. The smallest absolute Gasteiger partial charge is 0.291 e. The third-order valence-electron chi connectivity index (χ3n) is 5.32. The van der Waals surface area contributed by atoms with Crippen LogP contribution in [0, 0.1) is 13.8 Å². The van der Waals surface area contributed by atoms with Gasteiger partial charge in [-0.05, 0) is 50.2 Å². The van der Waals surface area contributed by atoms with Crippen molar-refractivity contribution in [2.24, 2.45) is 0 Å². The first-order chi connectivity index (χ1) is 16.5. The number of amides is 1. The normalized spacial score (nSPS) is 10.9. The van der Waals surface area contributed by atoms with Crippen molar-refractivity contribution < 1.29 is 13.9 Å². The van der Waals surface area contributed by atoms with E-state index in [-0.39, 0.29) is 11.2 Å². The van der Waals surface area contributed by atoms with E-state index in [1.165, 1.54) is 12.4 Å². The largest absolute Gasteiger partial charge is 0.451 e. The van der Waals surface area contributed by atoms with Crippen molar-refractivity contribution in [1.82, 2.24) is 19.5 Å². The molecule has 9 heteroatoms. The van der Waals surface area contributed by atoms with Gasteiger partial charge in [0, 0.05) is 23.5 Å². The van der Waals surface area contributed by atoms with Crippen molar-refractivity contribution in [3.63, 3.8) is 0 Å². The Hall–Kier alpha value is -4.79. The van der Waals surface area contributed by atoms with Crippen LogP contribution in [0.15, 0.2) is 82.5 Å². The second-order valence-electron chi connectivity index (χ2n) is 7.55. The lowest BCUT2D eigenvalue weighted by atomic mass is 10.2. The van der Waals surface area contributed by atoms with Crippen LogP contribution < -0.4 is 15.5 Å². The minimum Gasteiger partial charge on any atom is -0.451 e. The lowest BCUT2D eigenvalue weighted by molar-refractivity contribution is 0.0997. The van der Waals surface area contributed by atoms with E-state index in [2.05, 4.69) is 20.3 Å². The molecule has 0 spiro atoms. The summed E-state index contributed by atoms with van der Waals surface area (Å²) < 4.78 is 13.3. The Kier molecular flexibility index (Phi) is 5.35. The zero-order chi connectivity index (χ0) is 23.7. The quantitative estimate of drug-likeness (QED) is 0.419. The van der Waals surface area contributed by atoms with Crippen molar-refractivity contribution in [1.29, 1.82) is 0 Å². The molecule has 0 unspecified atom stereocenters. The first-order valence-corrected chi connectivity index (χ1v) is 10.4. The van der Waals surface area contributed by atoms with Gasteiger partial charge in [-0.25, -0.2) is 15.0 Å². The highest BCUT2D eigenvalue weighted by atomic mass is 16.5. The number of anilines is 1. The molecule has 0 atom stereocenters. The van der Waals surface area contributed by atoms with Crippen LogP contribution in [0.25, 0.3) is 16.8 Å². The summed E-state index contributed by atoms with van der Waals surface area (Å²) in [6.07, 6.45) is 3.12. The molecule has 0 aliphatic rings. The van der Waals surface area contributed by atoms with Crippen LogP contribution in [0.5, 0.6) is 11.6 Å². The number of benzene rings is 2. The summed E-state index contributed by atoms with van der Waals surface area (Å²) in [7, 11) is 0. The fourth-order valence-corrected chi connectivity index (χ4v) is 3.38. The van der Waals surface area contributed by atoms with Gasteiger partial charge in [0.2, 0.25) is 5.88 Å². The molecule has 0 saturated heterocycles. The van der Waals surface area contributed by atoms with Gasteiger partial charge in [-0.15, -0.1) is 0 Å². The number of hydrogen-bond donors (Lipinski definition) is 1. The van der Waals surface area contributed by atoms with Gasteiger partial charge in [0.15, 0.2) is 11.2 Å². The Bertz CT molecular complexity index is 1570. The highest BCUT2D eigenvalue weighted by Gasteiger charge is 2.13. The van der Waals surface area contributed by atoms with E-state index in [0.717, 1.165) is 11.4 Å². The number of imidazole rings is 1. The lowest BCUT2D eigenvalue weighted by Crippen LogP contribution is -2.14. The molecular weight excluding hydrogens is 434 g/mol. The van der Waals surface area contributed by atoms with E-state index < -0.39 is 5.91 Å². The van der Waals surface area contributed by atoms with Crippen molar-refractivity contribution in [3.8, 4) is 17.4 Å². The third-order valence-corrected chi connectivity index (χ3v) is 5.32. The number of carbonyl (C=O) groups excluding carboxylic acids is 1. The molecule has 168 valence electrons. The summed E-state index contributed by atoms with van der Waals surface area (Å²) >= 11 is 0. The van der Waals surface area contributed by atoms with E-state index in [0.29, 0.717) is 34.1 Å². The molecule has 5 rings (SSSR count). The molecule has 0 aliphatic carbocycles. The Morgan fingerprint density at radius 3 is 2.56 bits per heavy atom. The summed E-state index contributed by atoms with van der Waals surface area (Å²) in [4.78, 5) is 37.6. The Balaban J connectivity index is 1.30. The molecule has 3 heterocycles. The van der Waals surface area contributed by atoms with Crippen molar-refractivity contribution in [2.75, 3.05) is 5.32 Å². The zero-order valence-electron chi connectivity index (χ0n) is 18.4. The number of hydrogen-bond acceptors (Lipinski definition) is 7. The van der Waals surface area contributed by atoms with Crippen LogP contribution >= 0.6 is 0 Å². The predicted octanol–water partition coefficient (Wildman–Crippen LogP) is 4.43. The molecule has 34 heavy (non-hydrogen) atoms. The average Bonchev–Trinajstić information content (AvgIpc) is 3.18. The fourth-order valence-electron chi connectivity index (χ4n) is 3.38. The van der Waals surface area contributed by atoms with Crippen LogP contribution in [0.4, 0.5) is 5.69 Å². The van der Waals surface area contributed by atoms with Crippen molar-refractivity contribution in [3.05, 3.63) is 101 Å². The minimum atomic E-state index is -0.525. The maximum Gasteiger partial charge on any atom is 0.291 e. The maximum atomic E-state index is 12.6. The second kappa shape index (κ2) is 8.62. The van der Waals surface area contributed by atoms with E-state index in [1.807, 2.05) is 18.4 Å². The molecule has 9 nitrogen and oxygen atoms in total. The molecule has 2 aromatic carbocycles. The number of nitrogens with zero attached hydrogens (tertiary/aromatic N) is 4. The third kappa shape index (κ3) is 4.14. The molecule has 0 bridgehead atoms. The standard InChI is InChI=1S/C25H19N5O4/c1-15-16(2)30(14-28-15)23-12-24(27-13-26-23)33-18-9-7-17(8-10-18)29-25(32)22-11-20(31)19-5-3-4-6-21(19)34-22/h3-14H,1-2H3,(H,29,32). The van der Waals surface area contributed by atoms with Gasteiger partial charge in [-0.3, -0.25) is 14.2 Å². The summed E-state index contributed by atoms with van der Waals surface area (Å²) in [5, 5.41) is 3.14. The number of aryl methyl sites for hydroxylation is 1. The molecule has 3 aromatic heterocycles. The van der Waals surface area contributed by atoms with Gasteiger partial charge in [-0.1, -0.05) is 12.1 Å². The molecule has 0 radical (unpaired) electrons. The summed E-state index contributed by atoms with van der Waals surface area (Å²) in [6, 6.07) is 16.4. The van der Waals surface area contributed by atoms with Gasteiger partial charge < -0.3 is 14.5 Å². The average molecular weight is 453 g/mol. The molecule has 1 N–H and O–H groups in total. The topological polar surface area (TPSA) is 112 Å². The first kappa shape index (κ1) is 21.1. The van der Waals surface area contributed by atoms with E-state index in [4.69, 9.17) is 9.15 Å². The van der Waals surface area contributed by atoms with Crippen LogP contribution in [-0.2, 0) is 0 Å². The molecular formula is C25H19N5O4. The maximum absolute atomic E-state index is 12.6. The minimum absolute atomic E-state index is 0.0671. The molecule has 5 aromatic rings. The summed E-state index contributed by atoms with van der Waals surface area (Å²) in [5.41, 5.74) is 2.49. The zero-order valence-corrected chi connectivity index (χ0v) is 18.4. The van der Waals surface area contributed by atoms with Gasteiger partial charge in [0.25, 0.3) is 5.91 Å². The number of para-hydroxylation sites is 1. The number of aromatic nitrogens is 4. The summed E-state index contributed by atoms with van der Waals surface area (Å²) in [5.74, 6) is 0.943. The summed E-state index contributed by atoms with van der Waals surface area (Å²) in [6.45, 7) is 3.89. The van der Waals surface area contributed by atoms with Gasteiger partial charge in [-0.2, -0.15) is 0 Å². The first-order valence-electron chi connectivity index (χ1n) is 10.4. The predicted molar refractivity (Wildman–Crippen MR) is 126 cm³/mol. The SMILES string of the molecule is Cc1ncn(-c2cc(Oc3ccc(NC(=O)c4cc(=O)c5ccccc5o4)cc3)ncn2)c1C. The monoisotopic (exact) mass is 453 g/mol. The number of nitrogens with one attached hydrogen (secondary N) is 1. The van der Waals surface area contributed by atoms with Crippen LogP contribution in [0.2, 0.25) is 0 Å². The molecule has 0 fully saturated rings. The molecule has 0 aliphatic heterocycles. The fraction of sp³-hybridized carbons (Fsp3) is 0.0800. The second-order valence-corrected chi connectivity index (χ2v) is 7.55.